The normalized spacial score (nSPS) is 14.0. The van der Waals surface area contributed by atoms with Gasteiger partial charge in [-0.1, -0.05) is 125 Å². The van der Waals surface area contributed by atoms with Crippen LogP contribution in [-0.2, 0) is 21.0 Å². The highest BCUT2D eigenvalue weighted by Gasteiger charge is 2.35. The average molecular weight is 821 g/mol. The molecule has 5 rings (SSSR count). The summed E-state index contributed by atoms with van der Waals surface area (Å²) in [5.41, 5.74) is 3.40. The van der Waals surface area contributed by atoms with Crippen LogP contribution in [-0.4, -0.2) is 51.2 Å². The molecule has 0 saturated carbocycles. The lowest BCUT2D eigenvalue weighted by Crippen LogP contribution is -2.42. The number of ether oxygens (including phenoxy) is 2. The molecule has 4 aromatic carbocycles. The predicted molar refractivity (Wildman–Crippen MR) is 219 cm³/mol. The number of aromatic carboxylic acids is 1. The molecule has 12 heteroatoms. The van der Waals surface area contributed by atoms with Crippen molar-refractivity contribution in [2.45, 2.75) is 26.5 Å². The van der Waals surface area contributed by atoms with E-state index in [-0.39, 0.29) is 34.6 Å². The van der Waals surface area contributed by atoms with Gasteiger partial charge in [0.15, 0.2) is 16.7 Å². The molecule has 0 fully saturated rings. The van der Waals surface area contributed by atoms with Crippen LogP contribution in [0.4, 0.5) is 0 Å². The zero-order valence-electron chi connectivity index (χ0n) is 30.1. The minimum absolute atomic E-state index is 0.0503. The van der Waals surface area contributed by atoms with Crippen LogP contribution in [0.25, 0.3) is 6.08 Å². The van der Waals surface area contributed by atoms with E-state index in [0.717, 1.165) is 28.5 Å². The summed E-state index contributed by atoms with van der Waals surface area (Å²) >= 11 is 4.53. The number of nitrogens with one attached hydrogen (secondary N) is 1. The maximum Gasteiger partial charge on any atom is 0.335 e. The van der Waals surface area contributed by atoms with E-state index in [1.165, 1.54) is 23.1 Å². The number of benzene rings is 4. The van der Waals surface area contributed by atoms with E-state index in [1.54, 1.807) is 55.5 Å². The molecule has 1 heterocycles. The standard InChI is InChI=1S/C43H38BrN3O7S/c1-4-7-18-33(5-2)47-41(50)34(23-32-24-36(53-6-3)37(25-35(32)44)54-26-28-19-21-31(22-20-28)42(51)52)40(49)46-43(47)55-27-38(48)45-39(29-14-10-8-11-15-29)30-16-12-9-13-17-30/h4-5,7-25,39H,1,6,26-27H2,2-3H3,(H,45,48)(H,51,52)/b18-7-,33-5+,34-23+. The molecule has 0 aromatic heterocycles. The first-order chi connectivity index (χ1) is 26.6. The van der Waals surface area contributed by atoms with Crippen LogP contribution < -0.4 is 14.8 Å². The SMILES string of the molecule is C=C/C=C\C(=C/C)N1C(=O)/C(=C/c2cc(OCC)c(OCc3ccc(C(=O)O)cc3)cc2Br)C(=O)N=C1SCC(=O)NC(c1ccccc1)c1ccccc1. The number of carbonyl (C=O) groups is 4. The fourth-order valence-corrected chi connectivity index (χ4v) is 6.74. The third-order valence-corrected chi connectivity index (χ3v) is 9.80. The Hall–Kier alpha value is -5.98. The number of hydrogen-bond donors (Lipinski definition) is 2. The Labute approximate surface area is 332 Å². The summed E-state index contributed by atoms with van der Waals surface area (Å²) in [4.78, 5) is 58.2. The van der Waals surface area contributed by atoms with Gasteiger partial charge in [0.25, 0.3) is 11.8 Å². The summed E-state index contributed by atoms with van der Waals surface area (Å²) in [6.45, 7) is 7.74. The Morgan fingerprint density at radius 1 is 0.964 bits per heavy atom. The van der Waals surface area contributed by atoms with Crippen LogP contribution in [0.2, 0.25) is 0 Å². The molecular weight excluding hydrogens is 782 g/mol. The number of hydrogen-bond acceptors (Lipinski definition) is 7. The van der Waals surface area contributed by atoms with Crippen LogP contribution in [0.5, 0.6) is 11.5 Å². The third kappa shape index (κ3) is 10.4. The third-order valence-electron chi connectivity index (χ3n) is 8.17. The number of carboxylic acid groups (broad SMARTS) is 1. The van der Waals surface area contributed by atoms with Crippen molar-refractivity contribution >= 4 is 62.6 Å². The van der Waals surface area contributed by atoms with Gasteiger partial charge in [0.05, 0.1) is 24.0 Å². The van der Waals surface area contributed by atoms with Crippen molar-refractivity contribution in [1.82, 2.24) is 10.2 Å². The molecule has 0 unspecified atom stereocenters. The fraction of sp³-hybridized carbons (Fsp3) is 0.140. The number of aliphatic imine (C=N–C) groups is 1. The molecule has 0 radical (unpaired) electrons. The quantitative estimate of drug-likeness (QED) is 0.0693. The Morgan fingerprint density at radius 3 is 2.18 bits per heavy atom. The van der Waals surface area contributed by atoms with E-state index in [0.29, 0.717) is 33.8 Å². The van der Waals surface area contributed by atoms with Crippen molar-refractivity contribution in [3.05, 3.63) is 172 Å². The van der Waals surface area contributed by atoms with Crippen LogP contribution in [0.15, 0.2) is 149 Å². The number of thioether (sulfide) groups is 1. The highest BCUT2D eigenvalue weighted by Crippen LogP contribution is 2.36. The first-order valence-electron chi connectivity index (χ1n) is 17.2. The van der Waals surface area contributed by atoms with Gasteiger partial charge in [0, 0.05) is 10.2 Å². The summed E-state index contributed by atoms with van der Waals surface area (Å²) in [7, 11) is 0. The Bertz CT molecular complexity index is 2140. The number of halogens is 1. The smallest absolute Gasteiger partial charge is 0.335 e. The van der Waals surface area contributed by atoms with Crippen LogP contribution in [0.3, 0.4) is 0 Å². The van der Waals surface area contributed by atoms with Crippen molar-refractivity contribution < 1.29 is 33.8 Å². The summed E-state index contributed by atoms with van der Waals surface area (Å²) < 4.78 is 12.4. The second-order valence-electron chi connectivity index (χ2n) is 11.9. The molecule has 0 bridgehead atoms. The van der Waals surface area contributed by atoms with Crippen LogP contribution in [0, 0.1) is 0 Å². The van der Waals surface area contributed by atoms with E-state index in [2.05, 4.69) is 32.8 Å². The molecule has 4 aromatic rings. The first-order valence-corrected chi connectivity index (χ1v) is 19.0. The minimum Gasteiger partial charge on any atom is -0.490 e. The zero-order valence-corrected chi connectivity index (χ0v) is 32.5. The average Bonchev–Trinajstić information content (AvgIpc) is 3.19. The Balaban J connectivity index is 1.41. The molecule has 10 nitrogen and oxygen atoms in total. The lowest BCUT2D eigenvalue weighted by atomic mass is 9.99. The largest absolute Gasteiger partial charge is 0.490 e. The van der Waals surface area contributed by atoms with Gasteiger partial charge in [0.2, 0.25) is 5.91 Å². The van der Waals surface area contributed by atoms with Gasteiger partial charge in [-0.15, -0.1) is 0 Å². The van der Waals surface area contributed by atoms with E-state index >= 15 is 0 Å². The molecule has 55 heavy (non-hydrogen) atoms. The summed E-state index contributed by atoms with van der Waals surface area (Å²) in [5.74, 6) is -2.11. The lowest BCUT2D eigenvalue weighted by molar-refractivity contribution is -0.126. The van der Waals surface area contributed by atoms with Crippen LogP contribution >= 0.6 is 27.7 Å². The number of carboxylic acids is 1. The number of carbonyl (C=O) groups excluding carboxylic acids is 3. The van der Waals surface area contributed by atoms with Crippen molar-refractivity contribution in [3.63, 3.8) is 0 Å². The van der Waals surface area contributed by atoms with Gasteiger partial charge in [-0.05, 0) is 72.5 Å². The molecular formula is C43H38BrN3O7S. The number of rotatable bonds is 15. The summed E-state index contributed by atoms with van der Waals surface area (Å²) in [6.07, 6.45) is 8.02. The highest BCUT2D eigenvalue weighted by molar-refractivity contribution is 9.10. The minimum atomic E-state index is -1.02. The monoisotopic (exact) mass is 819 g/mol. The maximum atomic E-state index is 14.3. The van der Waals surface area contributed by atoms with E-state index < -0.39 is 23.8 Å². The molecule has 0 atom stereocenters. The maximum absolute atomic E-state index is 14.3. The van der Waals surface area contributed by atoms with Gasteiger partial charge < -0.3 is 19.9 Å². The molecule has 0 spiro atoms. The number of amidine groups is 1. The summed E-state index contributed by atoms with van der Waals surface area (Å²) in [5, 5.41) is 12.3. The second kappa shape index (κ2) is 19.4. The Kier molecular flexibility index (Phi) is 14.2. The van der Waals surface area contributed by atoms with E-state index in [9.17, 15) is 24.3 Å². The van der Waals surface area contributed by atoms with Crippen molar-refractivity contribution in [2.75, 3.05) is 12.4 Å². The number of allylic oxidation sites excluding steroid dienone is 4. The number of amides is 3. The lowest BCUT2D eigenvalue weighted by Gasteiger charge is -2.28. The molecule has 2 N–H and O–H groups in total. The highest BCUT2D eigenvalue weighted by atomic mass is 79.9. The predicted octanol–water partition coefficient (Wildman–Crippen LogP) is 8.52. The van der Waals surface area contributed by atoms with Crippen molar-refractivity contribution in [2.24, 2.45) is 4.99 Å². The van der Waals surface area contributed by atoms with Crippen LogP contribution in [0.1, 0.15) is 52.5 Å². The topological polar surface area (TPSA) is 135 Å². The van der Waals surface area contributed by atoms with Gasteiger partial charge in [0.1, 0.15) is 12.2 Å². The molecule has 1 aliphatic heterocycles. The molecule has 3 amide bonds. The molecule has 0 saturated heterocycles. The van der Waals surface area contributed by atoms with Crippen molar-refractivity contribution in [1.29, 1.82) is 0 Å². The molecule has 0 aliphatic carbocycles. The number of nitrogens with zero attached hydrogens (tertiary/aromatic N) is 2. The van der Waals surface area contributed by atoms with Crippen molar-refractivity contribution in [3.8, 4) is 11.5 Å². The molecule has 280 valence electrons. The van der Waals surface area contributed by atoms with Gasteiger partial charge >= 0.3 is 5.97 Å². The van der Waals surface area contributed by atoms with Gasteiger partial charge in [-0.25, -0.2) is 4.79 Å². The van der Waals surface area contributed by atoms with Gasteiger partial charge in [-0.2, -0.15) is 4.99 Å². The van der Waals surface area contributed by atoms with E-state index in [4.69, 9.17) is 9.47 Å². The fourth-order valence-electron chi connectivity index (χ4n) is 5.50. The zero-order chi connectivity index (χ0) is 39.3. The Morgan fingerprint density at radius 2 is 1.60 bits per heavy atom. The summed E-state index contributed by atoms with van der Waals surface area (Å²) in [6, 6.07) is 28.4. The first kappa shape index (κ1) is 40.2. The van der Waals surface area contributed by atoms with E-state index in [1.807, 2.05) is 67.6 Å². The van der Waals surface area contributed by atoms with Gasteiger partial charge in [-0.3, -0.25) is 19.3 Å². The second-order valence-corrected chi connectivity index (χ2v) is 13.7. The molecule has 1 aliphatic rings.